The van der Waals surface area contributed by atoms with Crippen LogP contribution < -0.4 is 10.6 Å². The van der Waals surface area contributed by atoms with Crippen molar-refractivity contribution in [3.8, 4) is 11.4 Å². The third kappa shape index (κ3) is 5.90. The fraction of sp³-hybridized carbons (Fsp3) is 0.160. The number of fused-ring (bicyclic) bond motifs is 1. The molecule has 0 atom stereocenters. The molecule has 0 radical (unpaired) electrons. The van der Waals surface area contributed by atoms with Crippen molar-refractivity contribution in [2.75, 3.05) is 25.0 Å². The second-order valence-electron chi connectivity index (χ2n) is 7.18. The number of benzene rings is 3. The number of carbonyl (C=O) groups is 1. The molecule has 4 rings (SSSR count). The molecule has 0 fully saturated rings. The molecule has 6 nitrogen and oxygen atoms in total. The summed E-state index contributed by atoms with van der Waals surface area (Å²) in [5.74, 6) is 1.23. The van der Waals surface area contributed by atoms with E-state index in [1.807, 2.05) is 78.9 Å². The molecule has 162 valence electrons. The Kier molecular flexibility index (Phi) is 7.42. The standard InChI is InChI=1S/C25H23BrN4O2/c26-20-10-6-9-19(15-20)24-29-22-12-5-4-11-21(22)25(30-24)28-14-13-27-23(31)17-32-16-18-7-2-1-3-8-18/h1-12,15H,13-14,16-17H2,(H,27,31)(H,28,29,30). The highest BCUT2D eigenvalue weighted by Crippen LogP contribution is 2.26. The number of hydrogen-bond donors (Lipinski definition) is 2. The molecular weight excluding hydrogens is 468 g/mol. The summed E-state index contributed by atoms with van der Waals surface area (Å²) in [5, 5.41) is 7.13. The number of ether oxygens (including phenoxy) is 1. The molecule has 1 aromatic heterocycles. The molecule has 1 amide bonds. The van der Waals surface area contributed by atoms with Crippen LogP contribution >= 0.6 is 15.9 Å². The summed E-state index contributed by atoms with van der Waals surface area (Å²) in [6.07, 6.45) is 0. The van der Waals surface area contributed by atoms with Crippen LogP contribution in [0.3, 0.4) is 0 Å². The third-order valence-electron chi connectivity index (χ3n) is 4.77. The predicted octanol–water partition coefficient (Wildman–Crippen LogP) is 4.80. The molecule has 0 unspecified atom stereocenters. The van der Waals surface area contributed by atoms with Gasteiger partial charge < -0.3 is 15.4 Å². The van der Waals surface area contributed by atoms with Crippen LogP contribution in [0.25, 0.3) is 22.3 Å². The molecule has 0 saturated heterocycles. The van der Waals surface area contributed by atoms with Crippen LogP contribution in [0.5, 0.6) is 0 Å². The normalized spacial score (nSPS) is 10.8. The van der Waals surface area contributed by atoms with E-state index in [1.165, 1.54) is 0 Å². The Bertz CT molecular complexity index is 1200. The Morgan fingerprint density at radius 1 is 0.906 bits per heavy atom. The van der Waals surface area contributed by atoms with Gasteiger partial charge in [-0.3, -0.25) is 4.79 Å². The zero-order valence-corrected chi connectivity index (χ0v) is 19.0. The van der Waals surface area contributed by atoms with Crippen molar-refractivity contribution in [2.24, 2.45) is 0 Å². The van der Waals surface area contributed by atoms with E-state index in [0.717, 1.165) is 32.3 Å². The first-order valence-corrected chi connectivity index (χ1v) is 11.1. The summed E-state index contributed by atoms with van der Waals surface area (Å²) < 4.78 is 6.44. The molecule has 32 heavy (non-hydrogen) atoms. The lowest BCUT2D eigenvalue weighted by atomic mass is 10.2. The summed E-state index contributed by atoms with van der Waals surface area (Å²) in [6, 6.07) is 25.5. The van der Waals surface area contributed by atoms with E-state index >= 15 is 0 Å². The topological polar surface area (TPSA) is 76.1 Å². The lowest BCUT2D eigenvalue weighted by Gasteiger charge is -2.12. The SMILES string of the molecule is O=C(COCc1ccccc1)NCCNc1nc(-c2cccc(Br)c2)nc2ccccc12. The third-order valence-corrected chi connectivity index (χ3v) is 5.26. The molecule has 1 heterocycles. The van der Waals surface area contributed by atoms with Crippen LogP contribution in [0.2, 0.25) is 0 Å². The summed E-state index contributed by atoms with van der Waals surface area (Å²) in [6.45, 7) is 1.43. The molecule has 4 aromatic rings. The van der Waals surface area contributed by atoms with Crippen molar-refractivity contribution in [3.05, 3.63) is 88.9 Å². The lowest BCUT2D eigenvalue weighted by Crippen LogP contribution is -2.31. The predicted molar refractivity (Wildman–Crippen MR) is 130 cm³/mol. The van der Waals surface area contributed by atoms with Gasteiger partial charge in [0.15, 0.2) is 5.82 Å². The highest BCUT2D eigenvalue weighted by Gasteiger charge is 2.10. The van der Waals surface area contributed by atoms with E-state index in [1.54, 1.807) is 0 Å². The van der Waals surface area contributed by atoms with E-state index in [2.05, 4.69) is 26.6 Å². The number of aromatic nitrogens is 2. The quantitative estimate of drug-likeness (QED) is 0.329. The molecule has 0 spiro atoms. The smallest absolute Gasteiger partial charge is 0.246 e. The zero-order valence-electron chi connectivity index (χ0n) is 17.4. The van der Waals surface area contributed by atoms with Gasteiger partial charge in [0.05, 0.1) is 12.1 Å². The van der Waals surface area contributed by atoms with Gasteiger partial charge in [-0.15, -0.1) is 0 Å². The van der Waals surface area contributed by atoms with Crippen LogP contribution in [0.15, 0.2) is 83.3 Å². The van der Waals surface area contributed by atoms with Gasteiger partial charge >= 0.3 is 0 Å². The van der Waals surface area contributed by atoms with Crippen molar-refractivity contribution < 1.29 is 9.53 Å². The summed E-state index contributed by atoms with van der Waals surface area (Å²) in [7, 11) is 0. The number of hydrogen-bond acceptors (Lipinski definition) is 5. The Balaban J connectivity index is 1.34. The molecule has 0 bridgehead atoms. The van der Waals surface area contributed by atoms with Crippen LogP contribution in [0.1, 0.15) is 5.56 Å². The molecule has 0 saturated carbocycles. The van der Waals surface area contributed by atoms with Gasteiger partial charge in [0.25, 0.3) is 0 Å². The van der Waals surface area contributed by atoms with Crippen LogP contribution in [0.4, 0.5) is 5.82 Å². The molecular formula is C25H23BrN4O2. The van der Waals surface area contributed by atoms with Crippen LogP contribution in [-0.4, -0.2) is 35.6 Å². The Hall–Kier alpha value is -3.29. The van der Waals surface area contributed by atoms with Crippen molar-refractivity contribution in [1.82, 2.24) is 15.3 Å². The fourth-order valence-electron chi connectivity index (χ4n) is 3.24. The van der Waals surface area contributed by atoms with Crippen molar-refractivity contribution in [3.63, 3.8) is 0 Å². The first-order chi connectivity index (χ1) is 15.7. The number of amides is 1. The minimum Gasteiger partial charge on any atom is -0.368 e. The van der Waals surface area contributed by atoms with Gasteiger partial charge in [-0.25, -0.2) is 9.97 Å². The monoisotopic (exact) mass is 490 g/mol. The van der Waals surface area contributed by atoms with Gasteiger partial charge in [-0.2, -0.15) is 0 Å². The zero-order chi connectivity index (χ0) is 22.2. The maximum Gasteiger partial charge on any atom is 0.246 e. The van der Waals surface area contributed by atoms with E-state index in [9.17, 15) is 4.79 Å². The van der Waals surface area contributed by atoms with Gasteiger partial charge in [-0.1, -0.05) is 70.5 Å². The lowest BCUT2D eigenvalue weighted by molar-refractivity contribution is -0.126. The van der Waals surface area contributed by atoms with E-state index in [4.69, 9.17) is 14.7 Å². The Morgan fingerprint density at radius 3 is 2.56 bits per heavy atom. The number of carbonyl (C=O) groups excluding carboxylic acids is 1. The molecule has 0 aliphatic rings. The summed E-state index contributed by atoms with van der Waals surface area (Å²) in [4.78, 5) is 21.5. The number of halogens is 1. The minimum atomic E-state index is -0.148. The number of nitrogens with zero attached hydrogens (tertiary/aromatic N) is 2. The first-order valence-electron chi connectivity index (χ1n) is 10.3. The molecule has 2 N–H and O–H groups in total. The maximum absolute atomic E-state index is 12.0. The average Bonchev–Trinajstić information content (AvgIpc) is 2.82. The fourth-order valence-corrected chi connectivity index (χ4v) is 3.64. The highest BCUT2D eigenvalue weighted by atomic mass is 79.9. The van der Waals surface area contributed by atoms with Gasteiger partial charge in [0.1, 0.15) is 12.4 Å². The van der Waals surface area contributed by atoms with Crippen LogP contribution in [-0.2, 0) is 16.1 Å². The van der Waals surface area contributed by atoms with Gasteiger partial charge in [0, 0.05) is 28.5 Å². The highest BCUT2D eigenvalue weighted by molar-refractivity contribution is 9.10. The van der Waals surface area contributed by atoms with E-state index in [0.29, 0.717) is 25.5 Å². The molecule has 7 heteroatoms. The number of nitrogens with one attached hydrogen (secondary N) is 2. The minimum absolute atomic E-state index is 0.0262. The largest absolute Gasteiger partial charge is 0.368 e. The summed E-state index contributed by atoms with van der Waals surface area (Å²) >= 11 is 3.50. The Labute approximate surface area is 195 Å². The number of anilines is 1. The van der Waals surface area contributed by atoms with Gasteiger partial charge in [-0.05, 0) is 29.8 Å². The number of para-hydroxylation sites is 1. The van der Waals surface area contributed by atoms with Gasteiger partial charge in [0.2, 0.25) is 5.91 Å². The Morgan fingerprint density at radius 2 is 1.72 bits per heavy atom. The summed E-state index contributed by atoms with van der Waals surface area (Å²) in [5.41, 5.74) is 2.83. The second-order valence-corrected chi connectivity index (χ2v) is 8.09. The molecule has 3 aromatic carbocycles. The average molecular weight is 491 g/mol. The second kappa shape index (κ2) is 10.8. The molecule has 0 aliphatic heterocycles. The van der Waals surface area contributed by atoms with Crippen molar-refractivity contribution >= 4 is 38.6 Å². The van der Waals surface area contributed by atoms with Crippen molar-refractivity contribution in [1.29, 1.82) is 0 Å². The first kappa shape index (κ1) is 21.9. The van der Waals surface area contributed by atoms with Crippen molar-refractivity contribution in [2.45, 2.75) is 6.61 Å². The number of rotatable bonds is 9. The van der Waals surface area contributed by atoms with E-state index < -0.39 is 0 Å². The van der Waals surface area contributed by atoms with Crippen LogP contribution in [0, 0.1) is 0 Å². The van der Waals surface area contributed by atoms with E-state index in [-0.39, 0.29) is 12.5 Å². The molecule has 0 aliphatic carbocycles. The maximum atomic E-state index is 12.0.